The van der Waals surface area contributed by atoms with Crippen LogP contribution in [0.5, 0.6) is 0 Å². The van der Waals surface area contributed by atoms with Crippen molar-refractivity contribution in [2.45, 2.75) is 56.0 Å². The Balaban J connectivity index is 2.06. The van der Waals surface area contributed by atoms with E-state index in [1.807, 2.05) is 0 Å². The molecule has 0 N–H and O–H groups in total. The lowest BCUT2D eigenvalue weighted by Gasteiger charge is -2.51. The number of hydrogen-bond acceptors (Lipinski definition) is 4. The fraction of sp³-hybridized carbons (Fsp3) is 0.600. The summed E-state index contributed by atoms with van der Waals surface area (Å²) in [6, 6.07) is 8.36. The van der Waals surface area contributed by atoms with E-state index in [-0.39, 0.29) is 11.4 Å². The molecule has 1 heterocycles. The maximum Gasteiger partial charge on any atom is 0.323 e. The lowest BCUT2D eigenvalue weighted by Crippen LogP contribution is -2.53. The van der Waals surface area contributed by atoms with Crippen molar-refractivity contribution in [3.63, 3.8) is 0 Å². The summed E-state index contributed by atoms with van der Waals surface area (Å²) in [6.45, 7) is 0.493. The van der Waals surface area contributed by atoms with Gasteiger partial charge in [0.2, 0.25) is 0 Å². The van der Waals surface area contributed by atoms with Crippen LogP contribution in [0, 0.1) is 23.1 Å². The zero-order valence-electron chi connectivity index (χ0n) is 14.6. The van der Waals surface area contributed by atoms with E-state index in [1.54, 1.807) is 12.1 Å². The number of esters is 1. The molecule has 0 radical (unpaired) electrons. The van der Waals surface area contributed by atoms with Crippen molar-refractivity contribution in [2.75, 3.05) is 13.7 Å². The molecule has 1 aliphatic heterocycles. The van der Waals surface area contributed by atoms with E-state index in [0.29, 0.717) is 19.4 Å². The van der Waals surface area contributed by atoms with Crippen LogP contribution < -0.4 is 0 Å². The monoisotopic (exact) mass is 345 g/mol. The van der Waals surface area contributed by atoms with Gasteiger partial charge in [-0.2, -0.15) is 5.26 Å². The molecule has 1 spiro atoms. The molecule has 1 saturated carbocycles. The fourth-order valence-corrected chi connectivity index (χ4v) is 4.64. The van der Waals surface area contributed by atoms with Gasteiger partial charge in [0.05, 0.1) is 18.8 Å². The minimum absolute atomic E-state index is 0.298. The van der Waals surface area contributed by atoms with Crippen molar-refractivity contribution in [2.24, 2.45) is 5.92 Å². The highest BCUT2D eigenvalue weighted by atomic mass is 19.1. The number of nitriles is 1. The van der Waals surface area contributed by atoms with Gasteiger partial charge in [-0.25, -0.2) is 4.39 Å². The second-order valence-corrected chi connectivity index (χ2v) is 7.27. The Morgan fingerprint density at radius 1 is 1.24 bits per heavy atom. The van der Waals surface area contributed by atoms with Gasteiger partial charge >= 0.3 is 5.97 Å². The summed E-state index contributed by atoms with van der Waals surface area (Å²) in [5.74, 6) is -1.78. The second kappa shape index (κ2) is 7.13. The molecular formula is C20H24FNO3. The molecule has 134 valence electrons. The van der Waals surface area contributed by atoms with E-state index >= 15 is 0 Å². The SMILES string of the molecule is COC(=O)C(C#N)C1(c2ccc(F)cc2)CCOC2(CCCCC2)C1. The summed E-state index contributed by atoms with van der Waals surface area (Å²) < 4.78 is 24.6. The minimum Gasteiger partial charge on any atom is -0.468 e. The van der Waals surface area contributed by atoms with Gasteiger partial charge in [-0.15, -0.1) is 0 Å². The van der Waals surface area contributed by atoms with Crippen molar-refractivity contribution < 1.29 is 18.7 Å². The normalized spacial score (nSPS) is 26.6. The van der Waals surface area contributed by atoms with Crippen LogP contribution in [0.25, 0.3) is 0 Å². The average Bonchev–Trinajstić information content (AvgIpc) is 2.63. The summed E-state index contributed by atoms with van der Waals surface area (Å²) in [6.07, 6.45) is 6.40. The van der Waals surface area contributed by atoms with Crippen LogP contribution in [0.4, 0.5) is 4.39 Å². The van der Waals surface area contributed by atoms with Crippen LogP contribution in [0.2, 0.25) is 0 Å². The molecule has 1 aromatic rings. The molecule has 2 unspecified atom stereocenters. The largest absolute Gasteiger partial charge is 0.468 e. The highest BCUT2D eigenvalue weighted by molar-refractivity contribution is 5.77. The summed E-state index contributed by atoms with van der Waals surface area (Å²) in [7, 11) is 1.31. The maximum absolute atomic E-state index is 13.5. The van der Waals surface area contributed by atoms with Crippen molar-refractivity contribution in [3.05, 3.63) is 35.6 Å². The van der Waals surface area contributed by atoms with Crippen LogP contribution in [0.15, 0.2) is 24.3 Å². The topological polar surface area (TPSA) is 59.3 Å². The first-order valence-electron chi connectivity index (χ1n) is 8.93. The molecular weight excluding hydrogens is 321 g/mol. The molecule has 2 atom stereocenters. The number of hydrogen-bond donors (Lipinski definition) is 0. The quantitative estimate of drug-likeness (QED) is 0.780. The Morgan fingerprint density at radius 2 is 1.92 bits per heavy atom. The molecule has 5 heteroatoms. The Labute approximate surface area is 147 Å². The fourth-order valence-electron chi connectivity index (χ4n) is 4.64. The number of halogens is 1. The Morgan fingerprint density at radius 3 is 2.52 bits per heavy atom. The van der Waals surface area contributed by atoms with Crippen molar-refractivity contribution >= 4 is 5.97 Å². The van der Waals surface area contributed by atoms with Crippen LogP contribution in [0.3, 0.4) is 0 Å². The summed E-state index contributed by atoms with van der Waals surface area (Å²) in [5, 5.41) is 9.78. The molecule has 25 heavy (non-hydrogen) atoms. The number of rotatable bonds is 3. The summed E-state index contributed by atoms with van der Waals surface area (Å²) >= 11 is 0. The summed E-state index contributed by atoms with van der Waals surface area (Å²) in [4.78, 5) is 12.4. The van der Waals surface area contributed by atoms with Crippen molar-refractivity contribution in [1.29, 1.82) is 5.26 Å². The first kappa shape index (κ1) is 17.9. The van der Waals surface area contributed by atoms with E-state index in [2.05, 4.69) is 6.07 Å². The van der Waals surface area contributed by atoms with Crippen molar-refractivity contribution in [1.82, 2.24) is 0 Å². The predicted octanol–water partition coefficient (Wildman–Crippen LogP) is 3.89. The van der Waals surface area contributed by atoms with Gasteiger partial charge in [-0.05, 0) is 43.4 Å². The molecule has 4 nitrogen and oxygen atoms in total. The number of benzene rings is 1. The molecule has 0 bridgehead atoms. The third kappa shape index (κ3) is 3.28. The molecule has 1 aliphatic carbocycles. The zero-order valence-corrected chi connectivity index (χ0v) is 14.6. The van der Waals surface area contributed by atoms with Gasteiger partial charge in [0.25, 0.3) is 0 Å². The molecule has 2 fully saturated rings. The molecule has 1 saturated heterocycles. The average molecular weight is 345 g/mol. The number of carbonyl (C=O) groups excluding carboxylic acids is 1. The van der Waals surface area contributed by atoms with Crippen LogP contribution >= 0.6 is 0 Å². The van der Waals surface area contributed by atoms with E-state index in [1.165, 1.54) is 25.7 Å². The first-order chi connectivity index (χ1) is 12.1. The first-order valence-corrected chi connectivity index (χ1v) is 8.93. The predicted molar refractivity (Wildman–Crippen MR) is 90.2 cm³/mol. The minimum atomic E-state index is -0.925. The van der Waals surface area contributed by atoms with Gasteiger partial charge in [0.1, 0.15) is 5.82 Å². The lowest BCUT2D eigenvalue weighted by molar-refractivity contribution is -0.157. The van der Waals surface area contributed by atoms with Crippen LogP contribution in [-0.4, -0.2) is 25.3 Å². The molecule has 1 aromatic carbocycles. The molecule has 0 aromatic heterocycles. The Kier molecular flexibility index (Phi) is 5.10. The van der Waals surface area contributed by atoms with E-state index < -0.39 is 17.3 Å². The standard InChI is InChI=1S/C20H24FNO3/c1-24-18(23)17(13-22)20(15-5-7-16(21)8-6-15)11-12-25-19(14-20)9-3-2-4-10-19/h5-8,17H,2-4,9-12,14H2,1H3. The number of methoxy groups -OCH3 is 1. The molecule has 0 amide bonds. The highest BCUT2D eigenvalue weighted by Gasteiger charge is 2.53. The second-order valence-electron chi connectivity index (χ2n) is 7.27. The maximum atomic E-state index is 13.5. The third-order valence-corrected chi connectivity index (χ3v) is 5.90. The number of nitrogens with zero attached hydrogens (tertiary/aromatic N) is 1. The van der Waals surface area contributed by atoms with E-state index in [9.17, 15) is 14.4 Å². The number of carbonyl (C=O) groups is 1. The summed E-state index contributed by atoms with van der Waals surface area (Å²) in [5.41, 5.74) is -0.182. The van der Waals surface area contributed by atoms with Crippen LogP contribution in [0.1, 0.15) is 50.5 Å². The smallest absolute Gasteiger partial charge is 0.323 e. The van der Waals surface area contributed by atoms with Gasteiger partial charge in [0.15, 0.2) is 5.92 Å². The third-order valence-electron chi connectivity index (χ3n) is 5.90. The van der Waals surface area contributed by atoms with Crippen molar-refractivity contribution in [3.8, 4) is 6.07 Å². The Hall–Kier alpha value is -1.93. The van der Waals surface area contributed by atoms with Gasteiger partial charge < -0.3 is 9.47 Å². The molecule has 3 rings (SSSR count). The Bertz CT molecular complexity index is 655. The van der Waals surface area contributed by atoms with E-state index in [4.69, 9.17) is 9.47 Å². The molecule has 2 aliphatic rings. The van der Waals surface area contributed by atoms with E-state index in [0.717, 1.165) is 31.2 Å². The highest BCUT2D eigenvalue weighted by Crippen LogP contribution is 2.51. The van der Waals surface area contributed by atoms with Crippen LogP contribution in [-0.2, 0) is 19.7 Å². The van der Waals surface area contributed by atoms with Gasteiger partial charge in [-0.1, -0.05) is 31.4 Å². The van der Waals surface area contributed by atoms with Gasteiger partial charge in [-0.3, -0.25) is 4.79 Å². The lowest BCUT2D eigenvalue weighted by atomic mass is 9.59. The zero-order chi connectivity index (χ0) is 17.9. The number of ether oxygens (including phenoxy) is 2. The van der Waals surface area contributed by atoms with Gasteiger partial charge in [0, 0.05) is 12.0 Å².